The number of likely N-dealkylation sites (N-methyl/N-ethyl adjacent to an activating group) is 1. The van der Waals surface area contributed by atoms with Crippen LogP contribution in [0.5, 0.6) is 0 Å². The molecule has 1 aliphatic rings. The van der Waals surface area contributed by atoms with Crippen molar-refractivity contribution in [1.82, 2.24) is 20.1 Å². The van der Waals surface area contributed by atoms with E-state index in [0.717, 1.165) is 37.1 Å². The highest BCUT2D eigenvalue weighted by atomic mass is 35.5. The molecule has 2 amide bonds. The number of halogens is 1. The molecule has 0 unspecified atom stereocenters. The molecule has 0 aliphatic carbocycles. The number of nitrogens with one attached hydrogen (secondary N) is 1. The van der Waals surface area contributed by atoms with Crippen molar-refractivity contribution in [1.29, 1.82) is 0 Å². The number of benzene rings is 1. The average Bonchev–Trinajstić information content (AvgIpc) is 3.20. The minimum absolute atomic E-state index is 0.00222. The molecule has 34 heavy (non-hydrogen) atoms. The van der Waals surface area contributed by atoms with Crippen molar-refractivity contribution in [3.05, 3.63) is 52.9 Å². The average molecular weight is 485 g/mol. The first-order chi connectivity index (χ1) is 16.1. The van der Waals surface area contributed by atoms with Gasteiger partial charge in [0, 0.05) is 43.3 Å². The fourth-order valence-electron chi connectivity index (χ4n) is 3.76. The summed E-state index contributed by atoms with van der Waals surface area (Å²) in [6.07, 6.45) is 1.09. The van der Waals surface area contributed by atoms with Crippen molar-refractivity contribution < 1.29 is 18.7 Å². The first kappa shape index (κ1) is 24.0. The molecule has 0 bridgehead atoms. The fourth-order valence-corrected chi connectivity index (χ4v) is 4.02. The number of hydrogen-bond acceptors (Lipinski definition) is 6. The van der Waals surface area contributed by atoms with Crippen molar-refractivity contribution in [2.24, 2.45) is 0 Å². The van der Waals surface area contributed by atoms with E-state index < -0.39 is 11.7 Å². The maximum absolute atomic E-state index is 12.8. The quantitative estimate of drug-likeness (QED) is 0.584. The second-order valence-corrected chi connectivity index (χ2v) is 9.88. The molecule has 0 saturated carbocycles. The van der Waals surface area contributed by atoms with Gasteiger partial charge in [-0.25, -0.2) is 4.79 Å². The molecule has 1 aromatic carbocycles. The van der Waals surface area contributed by atoms with Gasteiger partial charge < -0.3 is 24.3 Å². The van der Waals surface area contributed by atoms with Gasteiger partial charge >= 0.3 is 6.09 Å². The van der Waals surface area contributed by atoms with Gasteiger partial charge in [-0.05, 0) is 58.2 Å². The Morgan fingerprint density at radius 3 is 2.53 bits per heavy atom. The molecule has 0 radical (unpaired) electrons. The van der Waals surface area contributed by atoms with Crippen LogP contribution in [0.2, 0.25) is 5.02 Å². The highest BCUT2D eigenvalue weighted by molar-refractivity contribution is 6.35. The van der Waals surface area contributed by atoms with Gasteiger partial charge in [0.15, 0.2) is 5.58 Å². The lowest BCUT2D eigenvalue weighted by atomic mass is 10.1. The molecule has 4 rings (SSSR count). The molecule has 8 nitrogen and oxygen atoms in total. The van der Waals surface area contributed by atoms with Crippen LogP contribution in [0, 0.1) is 0 Å². The van der Waals surface area contributed by atoms with Crippen molar-refractivity contribution >= 4 is 34.6 Å². The number of rotatable bonds is 4. The third kappa shape index (κ3) is 5.69. The number of ether oxygens (including phenoxy) is 1. The van der Waals surface area contributed by atoms with Crippen LogP contribution in [0.4, 0.5) is 4.79 Å². The Morgan fingerprint density at radius 1 is 1.15 bits per heavy atom. The maximum atomic E-state index is 12.8. The zero-order chi connectivity index (χ0) is 24.5. The smallest absolute Gasteiger partial charge is 0.408 e. The molecule has 3 heterocycles. The Labute approximate surface area is 203 Å². The number of aromatic nitrogens is 1. The third-order valence-corrected chi connectivity index (χ3v) is 5.81. The highest BCUT2D eigenvalue weighted by Gasteiger charge is 2.21. The largest absolute Gasteiger partial charge is 0.458 e. The predicted octanol–water partition coefficient (Wildman–Crippen LogP) is 4.56. The lowest BCUT2D eigenvalue weighted by Crippen LogP contribution is -2.47. The summed E-state index contributed by atoms with van der Waals surface area (Å²) in [5.41, 5.74) is 2.04. The van der Waals surface area contributed by atoms with Crippen molar-refractivity contribution in [2.75, 3.05) is 33.2 Å². The van der Waals surface area contributed by atoms with E-state index in [1.165, 1.54) is 0 Å². The Balaban J connectivity index is 1.47. The van der Waals surface area contributed by atoms with E-state index in [9.17, 15) is 9.59 Å². The predicted molar refractivity (Wildman–Crippen MR) is 131 cm³/mol. The van der Waals surface area contributed by atoms with Gasteiger partial charge in [-0.3, -0.25) is 9.78 Å². The number of carbonyl (C=O) groups excluding carboxylic acids is 2. The van der Waals surface area contributed by atoms with Crippen LogP contribution in [-0.4, -0.2) is 65.6 Å². The van der Waals surface area contributed by atoms with Crippen molar-refractivity contribution in [2.45, 2.75) is 32.9 Å². The molecule has 2 aromatic heterocycles. The number of piperazine rings is 1. The zero-order valence-electron chi connectivity index (χ0n) is 19.9. The van der Waals surface area contributed by atoms with Crippen LogP contribution in [0.3, 0.4) is 0 Å². The fraction of sp³-hybridized carbons (Fsp3) is 0.400. The van der Waals surface area contributed by atoms with Crippen LogP contribution in [0.15, 0.2) is 40.9 Å². The monoisotopic (exact) mass is 484 g/mol. The molecular weight excluding hydrogens is 456 g/mol. The summed E-state index contributed by atoms with van der Waals surface area (Å²) in [7, 11) is 2.06. The number of nitrogens with zero attached hydrogens (tertiary/aromatic N) is 3. The van der Waals surface area contributed by atoms with Gasteiger partial charge in [-0.15, -0.1) is 0 Å². The Kier molecular flexibility index (Phi) is 6.81. The van der Waals surface area contributed by atoms with Gasteiger partial charge in [-0.2, -0.15) is 0 Å². The minimum Gasteiger partial charge on any atom is -0.458 e. The van der Waals surface area contributed by atoms with Gasteiger partial charge in [0.2, 0.25) is 0 Å². The molecule has 1 aliphatic heterocycles. The van der Waals surface area contributed by atoms with E-state index in [-0.39, 0.29) is 12.5 Å². The Morgan fingerprint density at radius 2 is 1.88 bits per heavy atom. The van der Waals surface area contributed by atoms with Crippen LogP contribution >= 0.6 is 11.6 Å². The molecule has 1 fully saturated rings. The summed E-state index contributed by atoms with van der Waals surface area (Å²) < 4.78 is 11.1. The van der Waals surface area contributed by atoms with E-state index in [2.05, 4.69) is 22.2 Å². The van der Waals surface area contributed by atoms with E-state index >= 15 is 0 Å². The van der Waals surface area contributed by atoms with Gasteiger partial charge in [0.1, 0.15) is 11.4 Å². The van der Waals surface area contributed by atoms with Crippen LogP contribution < -0.4 is 5.32 Å². The third-order valence-electron chi connectivity index (χ3n) is 5.52. The first-order valence-corrected chi connectivity index (χ1v) is 11.6. The number of fused-ring (bicyclic) bond motifs is 1. The normalized spacial score (nSPS) is 14.9. The molecule has 3 aromatic rings. The van der Waals surface area contributed by atoms with E-state index in [1.54, 1.807) is 39.1 Å². The summed E-state index contributed by atoms with van der Waals surface area (Å²) in [4.78, 5) is 33.2. The minimum atomic E-state index is -0.576. The van der Waals surface area contributed by atoms with Crippen LogP contribution in [0.25, 0.3) is 22.2 Å². The molecule has 9 heteroatoms. The molecular formula is C25H29ClN4O4. The summed E-state index contributed by atoms with van der Waals surface area (Å²) in [5.74, 6) is 0.554. The zero-order valence-corrected chi connectivity index (χ0v) is 20.6. The number of amides is 2. The van der Waals surface area contributed by atoms with Crippen LogP contribution in [0.1, 0.15) is 36.9 Å². The lowest BCUT2D eigenvalue weighted by molar-refractivity contribution is 0.0519. The number of furan rings is 1. The summed E-state index contributed by atoms with van der Waals surface area (Å²) >= 11 is 6.47. The Bertz CT molecular complexity index is 1190. The SMILES string of the molecule is CN1CCN(C(=O)c2ccc(-c3cc(Cl)c4oc(CNC(=O)OC(C)(C)C)cc4c3)nc2)CC1. The summed E-state index contributed by atoms with van der Waals surface area (Å²) in [6.45, 7) is 8.76. The number of pyridine rings is 1. The van der Waals surface area contributed by atoms with Crippen molar-refractivity contribution in [3.8, 4) is 11.3 Å². The van der Waals surface area contributed by atoms with E-state index in [1.807, 2.05) is 23.1 Å². The number of alkyl carbamates (subject to hydrolysis) is 1. The Hall–Kier alpha value is -3.10. The summed E-state index contributed by atoms with van der Waals surface area (Å²) in [6, 6.07) is 9.15. The second kappa shape index (κ2) is 9.64. The molecule has 180 valence electrons. The van der Waals surface area contributed by atoms with Crippen molar-refractivity contribution in [3.63, 3.8) is 0 Å². The molecule has 1 saturated heterocycles. The van der Waals surface area contributed by atoms with E-state index in [4.69, 9.17) is 20.8 Å². The maximum Gasteiger partial charge on any atom is 0.408 e. The number of carbonyl (C=O) groups is 2. The topological polar surface area (TPSA) is 87.9 Å². The first-order valence-electron chi connectivity index (χ1n) is 11.2. The second-order valence-electron chi connectivity index (χ2n) is 9.47. The molecule has 0 atom stereocenters. The van der Waals surface area contributed by atoms with Gasteiger partial charge in [0.25, 0.3) is 5.91 Å². The van der Waals surface area contributed by atoms with Crippen LogP contribution in [-0.2, 0) is 11.3 Å². The van der Waals surface area contributed by atoms with Gasteiger partial charge in [-0.1, -0.05) is 11.6 Å². The summed E-state index contributed by atoms with van der Waals surface area (Å²) in [5, 5.41) is 3.91. The lowest BCUT2D eigenvalue weighted by Gasteiger charge is -2.32. The molecule has 1 N–H and O–H groups in total. The van der Waals surface area contributed by atoms with E-state index in [0.29, 0.717) is 27.6 Å². The highest BCUT2D eigenvalue weighted by Crippen LogP contribution is 2.32. The number of hydrogen-bond donors (Lipinski definition) is 1. The van der Waals surface area contributed by atoms with Gasteiger partial charge in [0.05, 0.1) is 22.8 Å². The molecule has 0 spiro atoms. The standard InChI is InChI=1S/C25H29ClN4O4/c1-25(2,3)34-24(32)28-15-19-12-18-11-17(13-20(26)22(18)33-19)21-6-5-16(14-27-21)23(31)30-9-7-29(4)8-10-30/h5-6,11-14H,7-10,15H2,1-4H3,(H,28,32).